The molecule has 0 aliphatic heterocycles. The zero-order chi connectivity index (χ0) is 28.2. The third kappa shape index (κ3) is 6.87. The molecule has 0 bridgehead atoms. The van der Waals surface area contributed by atoms with Gasteiger partial charge in [0, 0.05) is 13.6 Å². The fourth-order valence-electron chi connectivity index (χ4n) is 4.09. The maximum absolute atomic E-state index is 13.9. The lowest BCUT2D eigenvalue weighted by Crippen LogP contribution is -2.50. The molecule has 0 saturated heterocycles. The van der Waals surface area contributed by atoms with Crippen LogP contribution in [-0.2, 0) is 26.2 Å². The van der Waals surface area contributed by atoms with Gasteiger partial charge < -0.3 is 10.2 Å². The zero-order valence-electron chi connectivity index (χ0n) is 22.0. The number of aryl methyl sites for hydroxylation is 3. The van der Waals surface area contributed by atoms with Crippen LogP contribution in [0.15, 0.2) is 65.6 Å². The van der Waals surface area contributed by atoms with Crippen molar-refractivity contribution in [2.24, 2.45) is 0 Å². The molecule has 0 aliphatic carbocycles. The van der Waals surface area contributed by atoms with Crippen LogP contribution in [0.3, 0.4) is 0 Å². The first-order valence-electron chi connectivity index (χ1n) is 12.0. The molecule has 1 atom stereocenters. The second-order valence-corrected chi connectivity index (χ2v) is 11.9. The molecule has 3 rings (SSSR count). The lowest BCUT2D eigenvalue weighted by atomic mass is 10.1. The number of likely N-dealkylation sites (N-methyl/N-ethyl adjacent to an activating group) is 1. The van der Waals surface area contributed by atoms with E-state index >= 15 is 0 Å². The third-order valence-corrected chi connectivity index (χ3v) is 8.66. The molecule has 0 fully saturated rings. The average Bonchev–Trinajstić information content (AvgIpc) is 2.86. The standard InChI is InChI=1S/C28H31Cl2N3O4S/c1-18-6-9-24(10-7-18)38(36,37)33(23-13-19(2)12-20(3)14-23)17-27(34)32(21(4)28(35)31-5)16-22-8-11-25(29)26(30)15-22/h6-15,21H,16-17H2,1-5H3,(H,31,35)/t21-/m1/s1. The van der Waals surface area contributed by atoms with Crippen molar-refractivity contribution in [1.29, 1.82) is 0 Å². The van der Waals surface area contributed by atoms with Crippen molar-refractivity contribution in [3.63, 3.8) is 0 Å². The number of carbonyl (C=O) groups excluding carboxylic acids is 2. The van der Waals surface area contributed by atoms with E-state index in [0.29, 0.717) is 21.3 Å². The fourth-order valence-corrected chi connectivity index (χ4v) is 5.81. The van der Waals surface area contributed by atoms with Crippen LogP contribution < -0.4 is 9.62 Å². The Labute approximate surface area is 234 Å². The van der Waals surface area contributed by atoms with Crippen LogP contribution in [0, 0.1) is 20.8 Å². The van der Waals surface area contributed by atoms with Gasteiger partial charge in [-0.25, -0.2) is 8.42 Å². The van der Waals surface area contributed by atoms with E-state index in [2.05, 4.69) is 5.32 Å². The molecule has 0 radical (unpaired) electrons. The lowest BCUT2D eigenvalue weighted by molar-refractivity contribution is -0.139. The molecular weight excluding hydrogens is 545 g/mol. The normalized spacial score (nSPS) is 12.1. The van der Waals surface area contributed by atoms with E-state index in [0.717, 1.165) is 21.0 Å². The van der Waals surface area contributed by atoms with Gasteiger partial charge in [-0.05, 0) is 80.8 Å². The molecule has 0 saturated carbocycles. The highest BCUT2D eigenvalue weighted by atomic mass is 35.5. The highest BCUT2D eigenvalue weighted by molar-refractivity contribution is 7.92. The molecule has 0 aliphatic rings. The van der Waals surface area contributed by atoms with E-state index in [4.69, 9.17) is 23.2 Å². The maximum atomic E-state index is 13.9. The Morgan fingerprint density at radius 1 is 0.868 bits per heavy atom. The lowest BCUT2D eigenvalue weighted by Gasteiger charge is -2.32. The predicted molar refractivity (Wildman–Crippen MR) is 152 cm³/mol. The molecule has 7 nitrogen and oxygen atoms in total. The number of benzene rings is 3. The topological polar surface area (TPSA) is 86.8 Å². The van der Waals surface area contributed by atoms with Crippen LogP contribution in [0.1, 0.15) is 29.2 Å². The van der Waals surface area contributed by atoms with Crippen molar-refractivity contribution >= 4 is 50.7 Å². The fraction of sp³-hybridized carbons (Fsp3) is 0.286. The van der Waals surface area contributed by atoms with Crippen molar-refractivity contribution in [2.75, 3.05) is 17.9 Å². The van der Waals surface area contributed by atoms with Crippen LogP contribution in [0.2, 0.25) is 10.0 Å². The number of sulfonamides is 1. The van der Waals surface area contributed by atoms with Crippen molar-refractivity contribution in [2.45, 2.75) is 45.2 Å². The number of anilines is 1. The number of nitrogens with one attached hydrogen (secondary N) is 1. The van der Waals surface area contributed by atoms with Gasteiger partial charge in [-0.2, -0.15) is 0 Å². The van der Waals surface area contributed by atoms with Gasteiger partial charge in [0.25, 0.3) is 10.0 Å². The summed E-state index contributed by atoms with van der Waals surface area (Å²) >= 11 is 12.2. The average molecular weight is 577 g/mol. The summed E-state index contributed by atoms with van der Waals surface area (Å²) in [5, 5.41) is 3.22. The van der Waals surface area contributed by atoms with Gasteiger partial charge in [0.2, 0.25) is 11.8 Å². The Morgan fingerprint density at radius 2 is 1.47 bits per heavy atom. The molecule has 0 aromatic heterocycles. The number of hydrogen-bond acceptors (Lipinski definition) is 4. The number of amides is 2. The summed E-state index contributed by atoms with van der Waals surface area (Å²) in [5.41, 5.74) is 3.61. The Hall–Kier alpha value is -3.07. The SMILES string of the molecule is CNC(=O)[C@@H](C)N(Cc1ccc(Cl)c(Cl)c1)C(=O)CN(c1cc(C)cc(C)c1)S(=O)(=O)c1ccc(C)cc1. The molecule has 0 heterocycles. The largest absolute Gasteiger partial charge is 0.357 e. The van der Waals surface area contributed by atoms with Crippen LogP contribution in [-0.4, -0.2) is 44.8 Å². The van der Waals surface area contributed by atoms with Gasteiger partial charge in [0.05, 0.1) is 20.6 Å². The minimum absolute atomic E-state index is 0.0234. The molecular formula is C28H31Cl2N3O4S. The van der Waals surface area contributed by atoms with Crippen LogP contribution in [0.5, 0.6) is 0 Å². The Bertz CT molecular complexity index is 1420. The zero-order valence-corrected chi connectivity index (χ0v) is 24.3. The molecule has 10 heteroatoms. The Kier molecular flexibility index (Phi) is 9.46. The van der Waals surface area contributed by atoms with E-state index in [1.165, 1.54) is 24.1 Å². The smallest absolute Gasteiger partial charge is 0.264 e. The van der Waals surface area contributed by atoms with Gasteiger partial charge in [-0.3, -0.25) is 13.9 Å². The first-order chi connectivity index (χ1) is 17.8. The van der Waals surface area contributed by atoms with E-state index in [9.17, 15) is 18.0 Å². The van der Waals surface area contributed by atoms with Crippen molar-refractivity contribution in [3.05, 3.63) is 93.0 Å². The predicted octanol–water partition coefficient (Wildman–Crippen LogP) is 5.28. The summed E-state index contributed by atoms with van der Waals surface area (Å²) < 4.78 is 28.8. The monoisotopic (exact) mass is 575 g/mol. The first-order valence-corrected chi connectivity index (χ1v) is 14.2. The van der Waals surface area contributed by atoms with Crippen molar-refractivity contribution in [3.8, 4) is 0 Å². The molecule has 3 aromatic rings. The summed E-state index contributed by atoms with van der Waals surface area (Å²) in [6, 6.07) is 15.9. The summed E-state index contributed by atoms with van der Waals surface area (Å²) in [6.07, 6.45) is 0. The van der Waals surface area contributed by atoms with Crippen molar-refractivity contribution in [1.82, 2.24) is 10.2 Å². The van der Waals surface area contributed by atoms with Gasteiger partial charge >= 0.3 is 0 Å². The number of halogens is 2. The summed E-state index contributed by atoms with van der Waals surface area (Å²) in [7, 11) is -2.65. The first kappa shape index (κ1) is 29.5. The summed E-state index contributed by atoms with van der Waals surface area (Å²) in [6.45, 7) is 6.68. The molecule has 1 N–H and O–H groups in total. The number of rotatable bonds is 9. The van der Waals surface area contributed by atoms with Crippen LogP contribution in [0.4, 0.5) is 5.69 Å². The second-order valence-electron chi connectivity index (χ2n) is 9.23. The van der Waals surface area contributed by atoms with Crippen LogP contribution in [0.25, 0.3) is 0 Å². The third-order valence-electron chi connectivity index (χ3n) is 6.13. The Balaban J connectivity index is 2.07. The Morgan fingerprint density at radius 3 is 2.03 bits per heavy atom. The summed E-state index contributed by atoms with van der Waals surface area (Å²) in [4.78, 5) is 27.8. The number of hydrogen-bond donors (Lipinski definition) is 1. The van der Waals surface area contributed by atoms with Gasteiger partial charge in [0.15, 0.2) is 0 Å². The van der Waals surface area contributed by atoms with Crippen LogP contribution >= 0.6 is 23.2 Å². The maximum Gasteiger partial charge on any atom is 0.264 e. The second kappa shape index (κ2) is 12.2. The van der Waals surface area contributed by atoms with E-state index in [-0.39, 0.29) is 11.4 Å². The van der Waals surface area contributed by atoms with Gasteiger partial charge in [-0.1, -0.05) is 53.0 Å². The quantitative estimate of drug-likeness (QED) is 0.376. The van der Waals surface area contributed by atoms with E-state index < -0.39 is 34.4 Å². The summed E-state index contributed by atoms with van der Waals surface area (Å²) in [5.74, 6) is -0.945. The molecule has 0 spiro atoms. The molecule has 2 amide bonds. The van der Waals surface area contributed by atoms with Crippen molar-refractivity contribution < 1.29 is 18.0 Å². The highest BCUT2D eigenvalue weighted by Gasteiger charge is 2.32. The highest BCUT2D eigenvalue weighted by Crippen LogP contribution is 2.28. The van der Waals surface area contributed by atoms with E-state index in [1.54, 1.807) is 49.4 Å². The molecule has 3 aromatic carbocycles. The molecule has 38 heavy (non-hydrogen) atoms. The molecule has 0 unspecified atom stereocenters. The van der Waals surface area contributed by atoms with E-state index in [1.807, 2.05) is 26.8 Å². The molecule has 202 valence electrons. The number of nitrogens with zero attached hydrogens (tertiary/aromatic N) is 2. The minimum atomic E-state index is -4.12. The van der Waals surface area contributed by atoms with Gasteiger partial charge in [0.1, 0.15) is 12.6 Å². The minimum Gasteiger partial charge on any atom is -0.357 e. The van der Waals surface area contributed by atoms with Gasteiger partial charge in [-0.15, -0.1) is 0 Å². The number of carbonyl (C=O) groups is 2.